The minimum absolute atomic E-state index is 0.283. The first-order valence-corrected chi connectivity index (χ1v) is 6.78. The number of aryl methyl sites for hydroxylation is 1. The Morgan fingerprint density at radius 3 is 3.05 bits per heavy atom. The van der Waals surface area contributed by atoms with E-state index >= 15 is 0 Å². The van der Waals surface area contributed by atoms with Gasteiger partial charge in [-0.05, 0) is 12.5 Å². The van der Waals surface area contributed by atoms with Crippen LogP contribution in [0.3, 0.4) is 0 Å². The lowest BCUT2D eigenvalue weighted by atomic mass is 10.0. The lowest BCUT2D eigenvalue weighted by Crippen LogP contribution is -2.39. The van der Waals surface area contributed by atoms with Crippen molar-refractivity contribution in [3.05, 3.63) is 53.6 Å². The van der Waals surface area contributed by atoms with Crippen LogP contribution in [0.5, 0.6) is 0 Å². The van der Waals surface area contributed by atoms with Crippen molar-refractivity contribution in [2.24, 2.45) is 5.73 Å². The molecule has 2 aromatic rings. The molecule has 0 saturated heterocycles. The normalized spacial score (nSPS) is 17.2. The number of imidazole rings is 1. The van der Waals surface area contributed by atoms with Crippen LogP contribution in [0.25, 0.3) is 0 Å². The predicted octanol–water partition coefficient (Wildman–Crippen LogP) is 1.71. The van der Waals surface area contributed by atoms with E-state index < -0.39 is 0 Å². The first kappa shape index (κ1) is 12.4. The van der Waals surface area contributed by atoms with E-state index in [0.29, 0.717) is 6.54 Å². The molecule has 1 aromatic heterocycles. The standard InChI is InChI=1S/C15H20N4/c1-12-3-2-4-13(9-12)14(10-16)19-8-7-18-6-5-17-15(18)11-19/h2-6,9,14H,7-8,10-11,16H2,1H3. The van der Waals surface area contributed by atoms with Gasteiger partial charge in [-0.25, -0.2) is 4.98 Å². The highest BCUT2D eigenvalue weighted by Gasteiger charge is 2.24. The van der Waals surface area contributed by atoms with Gasteiger partial charge in [0.15, 0.2) is 0 Å². The van der Waals surface area contributed by atoms with E-state index in [9.17, 15) is 0 Å². The molecule has 0 spiro atoms. The Hall–Kier alpha value is -1.65. The zero-order chi connectivity index (χ0) is 13.2. The second-order valence-electron chi connectivity index (χ2n) is 5.17. The van der Waals surface area contributed by atoms with Gasteiger partial charge in [-0.3, -0.25) is 4.90 Å². The SMILES string of the molecule is Cc1cccc(C(CN)N2CCn3ccnc3C2)c1. The zero-order valence-electron chi connectivity index (χ0n) is 11.3. The molecule has 0 bridgehead atoms. The summed E-state index contributed by atoms with van der Waals surface area (Å²) in [5.41, 5.74) is 8.61. The van der Waals surface area contributed by atoms with Crippen LogP contribution in [0.1, 0.15) is 23.0 Å². The van der Waals surface area contributed by atoms with Gasteiger partial charge in [0.05, 0.1) is 6.54 Å². The van der Waals surface area contributed by atoms with Crippen LogP contribution in [-0.2, 0) is 13.1 Å². The summed E-state index contributed by atoms with van der Waals surface area (Å²) in [6.07, 6.45) is 3.93. The van der Waals surface area contributed by atoms with Crippen molar-refractivity contribution < 1.29 is 0 Å². The molecular formula is C15H20N4. The highest BCUT2D eigenvalue weighted by atomic mass is 15.3. The van der Waals surface area contributed by atoms with Gasteiger partial charge in [0.1, 0.15) is 5.82 Å². The fourth-order valence-corrected chi connectivity index (χ4v) is 2.83. The molecule has 4 heteroatoms. The number of fused-ring (bicyclic) bond motifs is 1. The maximum absolute atomic E-state index is 6.01. The summed E-state index contributed by atoms with van der Waals surface area (Å²) < 4.78 is 2.22. The Morgan fingerprint density at radius 2 is 2.26 bits per heavy atom. The van der Waals surface area contributed by atoms with E-state index in [4.69, 9.17) is 5.73 Å². The zero-order valence-corrected chi connectivity index (χ0v) is 11.3. The van der Waals surface area contributed by atoms with Crippen LogP contribution >= 0.6 is 0 Å². The Balaban J connectivity index is 1.84. The first-order chi connectivity index (χ1) is 9.28. The Morgan fingerprint density at radius 1 is 1.37 bits per heavy atom. The van der Waals surface area contributed by atoms with Crippen LogP contribution in [0.4, 0.5) is 0 Å². The van der Waals surface area contributed by atoms with Gasteiger partial charge in [0.25, 0.3) is 0 Å². The molecule has 0 radical (unpaired) electrons. The fourth-order valence-electron chi connectivity index (χ4n) is 2.83. The second kappa shape index (κ2) is 5.15. The van der Waals surface area contributed by atoms with Gasteiger partial charge in [-0.15, -0.1) is 0 Å². The summed E-state index contributed by atoms with van der Waals surface area (Å²) in [7, 11) is 0. The van der Waals surface area contributed by atoms with Crippen molar-refractivity contribution in [2.75, 3.05) is 13.1 Å². The van der Waals surface area contributed by atoms with Crippen LogP contribution in [-0.4, -0.2) is 27.5 Å². The smallest absolute Gasteiger partial charge is 0.122 e. The minimum Gasteiger partial charge on any atom is -0.333 e. The van der Waals surface area contributed by atoms with E-state index in [1.165, 1.54) is 11.1 Å². The van der Waals surface area contributed by atoms with Crippen LogP contribution in [0.15, 0.2) is 36.7 Å². The third-order valence-corrected chi connectivity index (χ3v) is 3.87. The third kappa shape index (κ3) is 2.41. The molecule has 2 heterocycles. The summed E-state index contributed by atoms with van der Waals surface area (Å²) >= 11 is 0. The number of rotatable bonds is 3. The van der Waals surface area contributed by atoms with Gasteiger partial charge in [0, 0.05) is 38.1 Å². The van der Waals surface area contributed by atoms with E-state index in [0.717, 1.165) is 25.5 Å². The maximum Gasteiger partial charge on any atom is 0.122 e. The number of benzene rings is 1. The monoisotopic (exact) mass is 256 g/mol. The Labute approximate surface area is 113 Å². The number of aromatic nitrogens is 2. The van der Waals surface area contributed by atoms with Crippen molar-refractivity contribution in [3.8, 4) is 0 Å². The molecule has 19 heavy (non-hydrogen) atoms. The maximum atomic E-state index is 6.01. The summed E-state index contributed by atoms with van der Waals surface area (Å²) in [6, 6.07) is 8.92. The lowest BCUT2D eigenvalue weighted by Gasteiger charge is -2.34. The molecule has 3 rings (SSSR count). The molecule has 0 aliphatic carbocycles. The number of nitrogens with zero attached hydrogens (tertiary/aromatic N) is 3. The first-order valence-electron chi connectivity index (χ1n) is 6.78. The summed E-state index contributed by atoms with van der Waals surface area (Å²) in [6.45, 7) is 5.67. The lowest BCUT2D eigenvalue weighted by molar-refractivity contribution is 0.156. The summed E-state index contributed by atoms with van der Waals surface area (Å²) in [5, 5.41) is 0. The highest BCUT2D eigenvalue weighted by molar-refractivity contribution is 5.25. The highest BCUT2D eigenvalue weighted by Crippen LogP contribution is 2.24. The Kier molecular flexibility index (Phi) is 3.36. The minimum atomic E-state index is 0.283. The summed E-state index contributed by atoms with van der Waals surface area (Å²) in [5.74, 6) is 1.14. The van der Waals surface area contributed by atoms with E-state index in [1.807, 2.05) is 6.20 Å². The molecule has 2 N–H and O–H groups in total. The van der Waals surface area contributed by atoms with Crippen molar-refractivity contribution in [2.45, 2.75) is 26.1 Å². The average molecular weight is 256 g/mol. The van der Waals surface area contributed by atoms with Crippen molar-refractivity contribution in [3.63, 3.8) is 0 Å². The number of nitrogens with two attached hydrogens (primary N) is 1. The molecule has 0 fully saturated rings. The fraction of sp³-hybridized carbons (Fsp3) is 0.400. The van der Waals surface area contributed by atoms with Crippen molar-refractivity contribution >= 4 is 0 Å². The van der Waals surface area contributed by atoms with E-state index in [1.54, 1.807) is 0 Å². The van der Waals surface area contributed by atoms with Crippen LogP contribution in [0, 0.1) is 6.92 Å². The van der Waals surface area contributed by atoms with E-state index in [2.05, 4.69) is 51.8 Å². The molecule has 1 aromatic carbocycles. The van der Waals surface area contributed by atoms with Crippen LogP contribution < -0.4 is 5.73 Å². The molecule has 1 unspecified atom stereocenters. The third-order valence-electron chi connectivity index (χ3n) is 3.87. The Bertz CT molecular complexity index is 561. The summed E-state index contributed by atoms with van der Waals surface area (Å²) in [4.78, 5) is 6.84. The molecule has 1 aliphatic rings. The van der Waals surface area contributed by atoms with Gasteiger partial charge < -0.3 is 10.3 Å². The largest absolute Gasteiger partial charge is 0.333 e. The number of hydrogen-bond donors (Lipinski definition) is 1. The van der Waals surface area contributed by atoms with Crippen molar-refractivity contribution in [1.82, 2.24) is 14.5 Å². The predicted molar refractivity (Wildman–Crippen MR) is 75.6 cm³/mol. The van der Waals surface area contributed by atoms with E-state index in [-0.39, 0.29) is 6.04 Å². The van der Waals surface area contributed by atoms with Gasteiger partial charge in [-0.1, -0.05) is 29.8 Å². The molecule has 0 amide bonds. The topological polar surface area (TPSA) is 47.1 Å². The molecule has 100 valence electrons. The van der Waals surface area contributed by atoms with Crippen LogP contribution in [0.2, 0.25) is 0 Å². The molecule has 1 aliphatic heterocycles. The quantitative estimate of drug-likeness (QED) is 0.909. The second-order valence-corrected chi connectivity index (χ2v) is 5.17. The van der Waals surface area contributed by atoms with Gasteiger partial charge in [-0.2, -0.15) is 0 Å². The molecule has 0 saturated carbocycles. The average Bonchev–Trinajstić information content (AvgIpc) is 2.87. The molecule has 1 atom stereocenters. The van der Waals surface area contributed by atoms with Gasteiger partial charge in [0.2, 0.25) is 0 Å². The van der Waals surface area contributed by atoms with Crippen molar-refractivity contribution in [1.29, 1.82) is 0 Å². The number of hydrogen-bond acceptors (Lipinski definition) is 3. The van der Waals surface area contributed by atoms with Gasteiger partial charge >= 0.3 is 0 Å². The molecule has 4 nitrogen and oxygen atoms in total. The molecular weight excluding hydrogens is 236 g/mol.